The SMILES string of the molecule is CCOc1ccc(CCNC(=NC)NCc2cc3ccccc3[nH]2)cc1OCC. The summed E-state index contributed by atoms with van der Waals surface area (Å²) in [6.45, 7) is 6.65. The molecule has 0 radical (unpaired) electrons. The highest BCUT2D eigenvalue weighted by Crippen LogP contribution is 2.28. The third kappa shape index (κ3) is 5.67. The Balaban J connectivity index is 1.51. The monoisotopic (exact) mass is 394 g/mol. The van der Waals surface area contributed by atoms with Gasteiger partial charge in [0.05, 0.1) is 19.8 Å². The second-order valence-electron chi connectivity index (χ2n) is 6.63. The number of nitrogens with zero attached hydrogens (tertiary/aromatic N) is 1. The van der Waals surface area contributed by atoms with Crippen LogP contribution in [0.1, 0.15) is 25.1 Å². The van der Waals surface area contributed by atoms with Crippen molar-refractivity contribution in [3.8, 4) is 11.5 Å². The van der Waals surface area contributed by atoms with Crippen molar-refractivity contribution < 1.29 is 9.47 Å². The van der Waals surface area contributed by atoms with Gasteiger partial charge in [0, 0.05) is 24.8 Å². The molecule has 0 fully saturated rings. The molecule has 154 valence electrons. The Kier molecular flexibility index (Phi) is 7.39. The van der Waals surface area contributed by atoms with Crippen LogP contribution < -0.4 is 20.1 Å². The molecule has 0 saturated carbocycles. The molecule has 3 N–H and O–H groups in total. The normalized spacial score (nSPS) is 11.5. The molecule has 3 aromatic rings. The Hall–Kier alpha value is -3.15. The lowest BCUT2D eigenvalue weighted by Gasteiger charge is -2.14. The highest BCUT2D eigenvalue weighted by atomic mass is 16.5. The van der Waals surface area contributed by atoms with Crippen LogP contribution in [0.2, 0.25) is 0 Å². The maximum Gasteiger partial charge on any atom is 0.191 e. The van der Waals surface area contributed by atoms with E-state index in [0.717, 1.165) is 41.6 Å². The van der Waals surface area contributed by atoms with Crippen molar-refractivity contribution in [3.63, 3.8) is 0 Å². The summed E-state index contributed by atoms with van der Waals surface area (Å²) < 4.78 is 11.3. The molecule has 0 amide bonds. The number of fused-ring (bicyclic) bond motifs is 1. The molecule has 6 heteroatoms. The summed E-state index contributed by atoms with van der Waals surface area (Å²) in [5.74, 6) is 2.37. The molecule has 29 heavy (non-hydrogen) atoms. The summed E-state index contributed by atoms with van der Waals surface area (Å²) >= 11 is 0. The second kappa shape index (κ2) is 10.4. The number of aromatic nitrogens is 1. The molecule has 0 saturated heterocycles. The minimum Gasteiger partial charge on any atom is -0.490 e. The predicted molar refractivity (Wildman–Crippen MR) is 119 cm³/mol. The molecule has 6 nitrogen and oxygen atoms in total. The largest absolute Gasteiger partial charge is 0.490 e. The molecule has 0 spiro atoms. The van der Waals surface area contributed by atoms with Crippen LogP contribution >= 0.6 is 0 Å². The van der Waals surface area contributed by atoms with Crippen molar-refractivity contribution in [3.05, 3.63) is 59.8 Å². The number of guanidine groups is 1. The maximum absolute atomic E-state index is 5.71. The molecule has 0 atom stereocenters. The van der Waals surface area contributed by atoms with Crippen LogP contribution in [0, 0.1) is 0 Å². The van der Waals surface area contributed by atoms with E-state index < -0.39 is 0 Å². The van der Waals surface area contributed by atoms with E-state index in [9.17, 15) is 0 Å². The van der Waals surface area contributed by atoms with Crippen LogP contribution in [0.5, 0.6) is 11.5 Å². The summed E-state index contributed by atoms with van der Waals surface area (Å²) in [5, 5.41) is 7.94. The number of aliphatic imine (C=N–C) groups is 1. The molecule has 3 rings (SSSR count). The summed E-state index contributed by atoms with van der Waals surface area (Å²) in [6.07, 6.45) is 0.861. The number of hydrogen-bond donors (Lipinski definition) is 3. The fraction of sp³-hybridized carbons (Fsp3) is 0.348. The first-order valence-corrected chi connectivity index (χ1v) is 10.1. The van der Waals surface area contributed by atoms with Gasteiger partial charge in [-0.25, -0.2) is 0 Å². The quantitative estimate of drug-likeness (QED) is 0.381. The van der Waals surface area contributed by atoms with Crippen LogP contribution in [0.15, 0.2) is 53.5 Å². The summed E-state index contributed by atoms with van der Waals surface area (Å²) in [5.41, 5.74) is 3.46. The number of aromatic amines is 1. The van der Waals surface area contributed by atoms with Gasteiger partial charge in [-0.1, -0.05) is 24.3 Å². The third-order valence-corrected chi connectivity index (χ3v) is 4.57. The van der Waals surface area contributed by atoms with E-state index in [2.05, 4.69) is 50.9 Å². The topological polar surface area (TPSA) is 70.7 Å². The number of rotatable bonds is 9. The number of para-hydroxylation sites is 1. The lowest BCUT2D eigenvalue weighted by Crippen LogP contribution is -2.37. The summed E-state index contributed by atoms with van der Waals surface area (Å²) in [7, 11) is 1.78. The molecule has 0 aliphatic carbocycles. The van der Waals surface area contributed by atoms with Crippen LogP contribution in [0.4, 0.5) is 0 Å². The lowest BCUT2D eigenvalue weighted by molar-refractivity contribution is 0.287. The Morgan fingerprint density at radius 2 is 1.76 bits per heavy atom. The first kappa shape index (κ1) is 20.6. The molecule has 0 aliphatic heterocycles. The average Bonchev–Trinajstić information content (AvgIpc) is 3.15. The number of nitrogens with one attached hydrogen (secondary N) is 3. The first-order chi connectivity index (χ1) is 14.2. The van der Waals surface area contributed by atoms with Crippen LogP contribution in [-0.2, 0) is 13.0 Å². The Morgan fingerprint density at radius 1 is 0.966 bits per heavy atom. The maximum atomic E-state index is 5.71. The minimum absolute atomic E-state index is 0.617. The van der Waals surface area contributed by atoms with Crippen LogP contribution in [-0.4, -0.2) is 37.7 Å². The molecular formula is C23H30N4O2. The number of ether oxygens (including phenoxy) is 2. The fourth-order valence-corrected chi connectivity index (χ4v) is 3.20. The number of H-pyrrole nitrogens is 1. The number of hydrogen-bond acceptors (Lipinski definition) is 3. The zero-order valence-corrected chi connectivity index (χ0v) is 17.4. The third-order valence-electron chi connectivity index (χ3n) is 4.57. The van der Waals surface area contributed by atoms with E-state index in [0.29, 0.717) is 19.8 Å². The van der Waals surface area contributed by atoms with Gasteiger partial charge in [0.25, 0.3) is 0 Å². The molecule has 1 heterocycles. The van der Waals surface area contributed by atoms with Gasteiger partial charge in [-0.15, -0.1) is 0 Å². The van der Waals surface area contributed by atoms with Crippen molar-refractivity contribution >= 4 is 16.9 Å². The minimum atomic E-state index is 0.617. The van der Waals surface area contributed by atoms with Crippen LogP contribution in [0.3, 0.4) is 0 Å². The van der Waals surface area contributed by atoms with E-state index in [-0.39, 0.29) is 0 Å². The summed E-state index contributed by atoms with van der Waals surface area (Å²) in [6, 6.07) is 16.5. The molecule has 0 unspecified atom stereocenters. The fourth-order valence-electron chi connectivity index (χ4n) is 3.20. The molecule has 1 aromatic heterocycles. The highest BCUT2D eigenvalue weighted by molar-refractivity contribution is 5.81. The van der Waals surface area contributed by atoms with Gasteiger partial charge >= 0.3 is 0 Å². The Bertz CT molecular complexity index is 916. The number of benzene rings is 2. The van der Waals surface area contributed by atoms with Gasteiger partial charge in [0.15, 0.2) is 17.5 Å². The van der Waals surface area contributed by atoms with Gasteiger partial charge in [-0.05, 0) is 55.5 Å². The van der Waals surface area contributed by atoms with Gasteiger partial charge in [-0.2, -0.15) is 0 Å². The molecule has 2 aromatic carbocycles. The van der Waals surface area contributed by atoms with Gasteiger partial charge in [-0.3, -0.25) is 4.99 Å². The first-order valence-electron chi connectivity index (χ1n) is 10.1. The van der Waals surface area contributed by atoms with E-state index in [1.54, 1.807) is 7.05 Å². The van der Waals surface area contributed by atoms with Gasteiger partial charge in [0.2, 0.25) is 0 Å². The smallest absolute Gasteiger partial charge is 0.191 e. The van der Waals surface area contributed by atoms with E-state index >= 15 is 0 Å². The van der Waals surface area contributed by atoms with Crippen molar-refractivity contribution in [2.24, 2.45) is 4.99 Å². The predicted octanol–water partition coefficient (Wildman–Crippen LogP) is 3.87. The zero-order valence-electron chi connectivity index (χ0n) is 17.4. The van der Waals surface area contributed by atoms with Crippen molar-refractivity contribution in [2.75, 3.05) is 26.8 Å². The lowest BCUT2D eigenvalue weighted by atomic mass is 10.1. The molecular weight excluding hydrogens is 364 g/mol. The Morgan fingerprint density at radius 3 is 2.52 bits per heavy atom. The van der Waals surface area contributed by atoms with E-state index in [1.807, 2.05) is 32.0 Å². The van der Waals surface area contributed by atoms with Gasteiger partial charge < -0.3 is 25.1 Å². The zero-order chi connectivity index (χ0) is 20.5. The second-order valence-corrected chi connectivity index (χ2v) is 6.63. The van der Waals surface area contributed by atoms with E-state index in [1.165, 1.54) is 10.9 Å². The Labute approximate surface area is 172 Å². The highest BCUT2D eigenvalue weighted by Gasteiger charge is 2.07. The van der Waals surface area contributed by atoms with Gasteiger partial charge in [0.1, 0.15) is 0 Å². The molecule has 0 bridgehead atoms. The van der Waals surface area contributed by atoms with Crippen LogP contribution in [0.25, 0.3) is 10.9 Å². The average molecular weight is 395 g/mol. The van der Waals surface area contributed by atoms with E-state index in [4.69, 9.17) is 9.47 Å². The van der Waals surface area contributed by atoms with Crippen molar-refractivity contribution in [1.82, 2.24) is 15.6 Å². The van der Waals surface area contributed by atoms with Crippen molar-refractivity contribution in [1.29, 1.82) is 0 Å². The summed E-state index contributed by atoms with van der Waals surface area (Å²) in [4.78, 5) is 7.73. The standard InChI is InChI=1S/C23H30N4O2/c1-4-28-21-11-10-17(14-22(21)29-5-2)12-13-25-23(24-3)26-16-19-15-18-8-6-7-9-20(18)27-19/h6-11,14-15,27H,4-5,12-13,16H2,1-3H3,(H2,24,25,26). The molecule has 0 aliphatic rings. The van der Waals surface area contributed by atoms with Crippen molar-refractivity contribution in [2.45, 2.75) is 26.8 Å².